The van der Waals surface area contributed by atoms with Crippen LogP contribution in [-0.4, -0.2) is 39.7 Å². The summed E-state index contributed by atoms with van der Waals surface area (Å²) in [6.45, 7) is -0.641. The number of para-hydroxylation sites is 1. The van der Waals surface area contributed by atoms with Gasteiger partial charge in [-0.2, -0.15) is 0 Å². The number of hydrogen-bond donors (Lipinski definition) is 4. The van der Waals surface area contributed by atoms with Gasteiger partial charge in [0.15, 0.2) is 6.04 Å². The van der Waals surface area contributed by atoms with Crippen LogP contribution < -0.4 is 5.32 Å². The van der Waals surface area contributed by atoms with Gasteiger partial charge in [-0.25, -0.2) is 4.79 Å². The van der Waals surface area contributed by atoms with E-state index >= 15 is 0 Å². The van der Waals surface area contributed by atoms with Gasteiger partial charge in [-0.05, 0) is 30.9 Å². The van der Waals surface area contributed by atoms with Crippen molar-refractivity contribution in [3.63, 3.8) is 0 Å². The predicted molar refractivity (Wildman–Crippen MR) is 76.3 cm³/mol. The second kappa shape index (κ2) is 5.21. The number of aryl methyl sites for hydroxylation is 2. The molecule has 21 heavy (non-hydrogen) atoms. The van der Waals surface area contributed by atoms with Crippen LogP contribution in [0.3, 0.4) is 0 Å². The molecule has 0 radical (unpaired) electrons. The minimum Gasteiger partial charge on any atom is -0.480 e. The molecule has 6 heteroatoms. The molecule has 4 N–H and O–H groups in total. The number of aliphatic hydroxyl groups excluding tert-OH is 1. The summed E-state index contributed by atoms with van der Waals surface area (Å²) in [4.78, 5) is 26.4. The fraction of sp³-hybridized carbons (Fsp3) is 0.333. The van der Waals surface area contributed by atoms with Crippen LogP contribution in [0.1, 0.15) is 28.0 Å². The highest BCUT2D eigenvalue weighted by atomic mass is 16.4. The van der Waals surface area contributed by atoms with Crippen molar-refractivity contribution in [1.29, 1.82) is 0 Å². The van der Waals surface area contributed by atoms with Crippen LogP contribution in [0.2, 0.25) is 0 Å². The van der Waals surface area contributed by atoms with Crippen LogP contribution in [0.15, 0.2) is 18.2 Å². The Kier molecular flexibility index (Phi) is 3.39. The first kappa shape index (κ1) is 13.6. The lowest BCUT2D eigenvalue weighted by atomic mass is 10.1. The van der Waals surface area contributed by atoms with E-state index in [2.05, 4.69) is 10.3 Å². The normalized spacial score (nSPS) is 14.9. The van der Waals surface area contributed by atoms with Crippen molar-refractivity contribution in [2.45, 2.75) is 25.3 Å². The third-order valence-electron chi connectivity index (χ3n) is 3.91. The van der Waals surface area contributed by atoms with Crippen LogP contribution in [0.25, 0.3) is 10.9 Å². The Morgan fingerprint density at radius 1 is 1.33 bits per heavy atom. The number of carbonyl (C=O) groups is 2. The van der Waals surface area contributed by atoms with Crippen LogP contribution >= 0.6 is 0 Å². The number of carbonyl (C=O) groups excluding carboxylic acids is 1. The summed E-state index contributed by atoms with van der Waals surface area (Å²) in [6, 6.07) is 4.11. The number of hydrogen-bond acceptors (Lipinski definition) is 3. The molecule has 0 spiro atoms. The SMILES string of the molecule is O=C(N[C@@H](CO)C(=O)O)c1cccc2c3c([nH]c12)CCC3. The second-order valence-corrected chi connectivity index (χ2v) is 5.21. The molecule has 0 aliphatic heterocycles. The Balaban J connectivity index is 1.97. The molecule has 1 atom stereocenters. The second-order valence-electron chi connectivity index (χ2n) is 5.21. The topological polar surface area (TPSA) is 102 Å². The molecule has 110 valence electrons. The number of fused-ring (bicyclic) bond motifs is 3. The first-order valence-electron chi connectivity index (χ1n) is 6.88. The van der Waals surface area contributed by atoms with E-state index in [0.29, 0.717) is 5.56 Å². The van der Waals surface area contributed by atoms with Crippen molar-refractivity contribution in [2.24, 2.45) is 0 Å². The van der Waals surface area contributed by atoms with E-state index in [1.807, 2.05) is 6.07 Å². The fourth-order valence-corrected chi connectivity index (χ4v) is 2.88. The van der Waals surface area contributed by atoms with E-state index in [1.54, 1.807) is 12.1 Å². The van der Waals surface area contributed by atoms with Gasteiger partial charge in [0.2, 0.25) is 0 Å². The van der Waals surface area contributed by atoms with Gasteiger partial charge in [-0.3, -0.25) is 4.79 Å². The molecule has 0 saturated carbocycles. The molecule has 1 aromatic heterocycles. The predicted octanol–water partition coefficient (Wildman–Crippen LogP) is 0.832. The average molecular weight is 288 g/mol. The van der Waals surface area contributed by atoms with Crippen molar-refractivity contribution >= 4 is 22.8 Å². The number of H-pyrrole nitrogens is 1. The smallest absolute Gasteiger partial charge is 0.328 e. The molecule has 6 nitrogen and oxygen atoms in total. The number of benzene rings is 1. The number of carboxylic acids is 1. The Morgan fingerprint density at radius 3 is 2.86 bits per heavy atom. The van der Waals surface area contributed by atoms with Gasteiger partial charge in [-0.15, -0.1) is 0 Å². The molecule has 0 saturated heterocycles. The van der Waals surface area contributed by atoms with Crippen LogP contribution in [0.4, 0.5) is 0 Å². The molecular weight excluding hydrogens is 272 g/mol. The quantitative estimate of drug-likeness (QED) is 0.669. The van der Waals surface area contributed by atoms with E-state index in [0.717, 1.165) is 35.9 Å². The summed E-state index contributed by atoms with van der Waals surface area (Å²) in [5.41, 5.74) is 3.54. The summed E-state index contributed by atoms with van der Waals surface area (Å²) >= 11 is 0. The standard InChI is InChI=1S/C15H16N2O4/c18-7-12(15(20)21)17-14(19)10-5-1-4-9-8-3-2-6-11(8)16-13(9)10/h1,4-5,12,16,18H,2-3,6-7H2,(H,17,19)(H,20,21)/t12-/m0/s1. The molecule has 0 unspecified atom stereocenters. The average Bonchev–Trinajstić information content (AvgIpc) is 3.04. The van der Waals surface area contributed by atoms with Gasteiger partial charge < -0.3 is 20.5 Å². The zero-order chi connectivity index (χ0) is 15.0. The lowest BCUT2D eigenvalue weighted by Gasteiger charge is -2.12. The highest BCUT2D eigenvalue weighted by molar-refractivity contribution is 6.07. The molecule has 0 fully saturated rings. The Morgan fingerprint density at radius 2 is 2.14 bits per heavy atom. The van der Waals surface area contributed by atoms with Crippen LogP contribution in [0.5, 0.6) is 0 Å². The summed E-state index contributed by atoms with van der Waals surface area (Å²) in [5, 5.41) is 21.2. The van der Waals surface area contributed by atoms with Gasteiger partial charge in [0.05, 0.1) is 17.7 Å². The van der Waals surface area contributed by atoms with Gasteiger partial charge in [0.25, 0.3) is 5.91 Å². The van der Waals surface area contributed by atoms with Gasteiger partial charge in [0.1, 0.15) is 0 Å². The van der Waals surface area contributed by atoms with E-state index in [4.69, 9.17) is 10.2 Å². The van der Waals surface area contributed by atoms with Crippen molar-refractivity contribution in [1.82, 2.24) is 10.3 Å². The van der Waals surface area contributed by atoms with E-state index in [9.17, 15) is 9.59 Å². The summed E-state index contributed by atoms with van der Waals surface area (Å²) < 4.78 is 0. The number of amides is 1. The Labute approximate surface area is 120 Å². The van der Waals surface area contributed by atoms with Crippen LogP contribution in [0, 0.1) is 0 Å². The van der Waals surface area contributed by atoms with E-state index in [-0.39, 0.29) is 0 Å². The maximum absolute atomic E-state index is 12.3. The molecule has 1 aliphatic rings. The van der Waals surface area contributed by atoms with Crippen molar-refractivity contribution in [2.75, 3.05) is 6.61 Å². The number of aromatic nitrogens is 1. The number of nitrogens with one attached hydrogen (secondary N) is 2. The molecule has 0 bridgehead atoms. The zero-order valence-corrected chi connectivity index (χ0v) is 11.3. The maximum atomic E-state index is 12.3. The van der Waals surface area contributed by atoms with Crippen molar-refractivity contribution < 1.29 is 19.8 Å². The highest BCUT2D eigenvalue weighted by Crippen LogP contribution is 2.31. The molecule has 1 aromatic carbocycles. The van der Waals surface area contributed by atoms with Gasteiger partial charge in [0, 0.05) is 11.1 Å². The monoisotopic (exact) mass is 288 g/mol. The summed E-state index contributed by atoms with van der Waals surface area (Å²) in [6.07, 6.45) is 3.08. The number of carboxylic acid groups (broad SMARTS) is 1. The minimum absolute atomic E-state index is 0.404. The molecule has 2 aromatic rings. The van der Waals surface area contributed by atoms with E-state index in [1.165, 1.54) is 5.56 Å². The molecule has 1 amide bonds. The zero-order valence-electron chi connectivity index (χ0n) is 11.3. The molecule has 1 aliphatic carbocycles. The maximum Gasteiger partial charge on any atom is 0.328 e. The molecule has 3 rings (SSSR count). The number of aromatic amines is 1. The largest absolute Gasteiger partial charge is 0.480 e. The third-order valence-corrected chi connectivity index (χ3v) is 3.91. The number of rotatable bonds is 4. The van der Waals surface area contributed by atoms with Gasteiger partial charge >= 0.3 is 5.97 Å². The first-order chi connectivity index (χ1) is 10.1. The third kappa shape index (κ3) is 2.27. The lowest BCUT2D eigenvalue weighted by Crippen LogP contribution is -2.43. The fourth-order valence-electron chi connectivity index (χ4n) is 2.88. The first-order valence-corrected chi connectivity index (χ1v) is 6.88. The van der Waals surface area contributed by atoms with E-state index < -0.39 is 24.5 Å². The highest BCUT2D eigenvalue weighted by Gasteiger charge is 2.23. The lowest BCUT2D eigenvalue weighted by molar-refractivity contribution is -0.140. The minimum atomic E-state index is -1.30. The summed E-state index contributed by atoms with van der Waals surface area (Å²) in [5.74, 6) is -1.76. The van der Waals surface area contributed by atoms with Crippen molar-refractivity contribution in [3.8, 4) is 0 Å². The van der Waals surface area contributed by atoms with Crippen LogP contribution in [-0.2, 0) is 17.6 Å². The Bertz CT molecular complexity index is 720. The Hall–Kier alpha value is -2.34. The summed E-state index contributed by atoms with van der Waals surface area (Å²) in [7, 11) is 0. The van der Waals surface area contributed by atoms with Gasteiger partial charge in [-0.1, -0.05) is 12.1 Å². The molecular formula is C15H16N2O4. The van der Waals surface area contributed by atoms with Crippen molar-refractivity contribution in [3.05, 3.63) is 35.0 Å². The number of aliphatic carboxylic acids is 1. The molecule has 1 heterocycles. The number of aliphatic hydroxyl groups is 1.